The number of ether oxygens (including phenoxy) is 3. The summed E-state index contributed by atoms with van der Waals surface area (Å²) in [5.41, 5.74) is 0.851. The van der Waals surface area contributed by atoms with Gasteiger partial charge in [0.05, 0.1) is 42.7 Å². The zero-order chi connectivity index (χ0) is 30.2. The molecule has 0 spiro atoms. The summed E-state index contributed by atoms with van der Waals surface area (Å²) in [6.45, 7) is 4.10. The normalized spacial score (nSPS) is 28.2. The Kier molecular flexibility index (Phi) is 17.0. The Morgan fingerprint density at radius 3 is 1.76 bits per heavy atom. The van der Waals surface area contributed by atoms with Gasteiger partial charge in [0.1, 0.15) is 6.10 Å². The van der Waals surface area contributed by atoms with E-state index in [4.69, 9.17) is 14.2 Å². The minimum atomic E-state index is -0.482. The SMILES string of the molecule is CCCCCC[C@@H](O)CCC[C@@H](O)[C@@H]1CC[C@H]([C@H]2CC[C@H]([C@H](O)CCCCCCCCCCC3=CC(C)OC3=O)O2)O1. The van der Waals surface area contributed by atoms with Crippen molar-refractivity contribution in [2.75, 3.05) is 0 Å². The smallest absolute Gasteiger partial charge is 0.334 e. The number of unbranched alkanes of at least 4 members (excludes halogenated alkanes) is 10. The van der Waals surface area contributed by atoms with Gasteiger partial charge in [-0.3, -0.25) is 0 Å². The molecule has 8 atom stereocenters. The van der Waals surface area contributed by atoms with Crippen LogP contribution in [0.1, 0.15) is 155 Å². The zero-order valence-electron chi connectivity index (χ0n) is 26.7. The van der Waals surface area contributed by atoms with Crippen LogP contribution < -0.4 is 0 Å². The lowest BCUT2D eigenvalue weighted by molar-refractivity contribution is -0.139. The number of carbonyl (C=O) groups is 1. The molecule has 0 saturated carbocycles. The van der Waals surface area contributed by atoms with Gasteiger partial charge in [-0.2, -0.15) is 0 Å². The highest BCUT2D eigenvalue weighted by molar-refractivity contribution is 5.90. The van der Waals surface area contributed by atoms with Gasteiger partial charge in [-0.25, -0.2) is 4.79 Å². The fraction of sp³-hybridized carbons (Fsp3) is 0.914. The molecule has 42 heavy (non-hydrogen) atoms. The summed E-state index contributed by atoms with van der Waals surface area (Å²) in [6, 6.07) is 0. The molecule has 0 radical (unpaired) electrons. The topological polar surface area (TPSA) is 105 Å². The highest BCUT2D eigenvalue weighted by Gasteiger charge is 2.40. The highest BCUT2D eigenvalue weighted by Crippen LogP contribution is 2.34. The molecule has 3 heterocycles. The molecule has 2 saturated heterocycles. The summed E-state index contributed by atoms with van der Waals surface area (Å²) in [7, 11) is 0. The van der Waals surface area contributed by atoms with Gasteiger partial charge in [0.25, 0.3) is 0 Å². The van der Waals surface area contributed by atoms with Crippen molar-refractivity contribution >= 4 is 5.97 Å². The molecule has 0 bridgehead atoms. The van der Waals surface area contributed by atoms with E-state index in [9.17, 15) is 20.1 Å². The van der Waals surface area contributed by atoms with E-state index in [1.54, 1.807) is 0 Å². The Bertz CT molecular complexity index is 770. The van der Waals surface area contributed by atoms with Crippen LogP contribution >= 0.6 is 0 Å². The summed E-state index contributed by atoms with van der Waals surface area (Å²) in [5.74, 6) is -0.133. The van der Waals surface area contributed by atoms with Gasteiger partial charge in [0, 0.05) is 5.57 Å². The molecule has 7 nitrogen and oxygen atoms in total. The third kappa shape index (κ3) is 12.9. The minimum absolute atomic E-state index is 0.0123. The predicted molar refractivity (Wildman–Crippen MR) is 166 cm³/mol. The second-order valence-corrected chi connectivity index (χ2v) is 13.3. The van der Waals surface area contributed by atoms with E-state index in [2.05, 4.69) is 6.92 Å². The lowest BCUT2D eigenvalue weighted by Gasteiger charge is -2.24. The monoisotopic (exact) mass is 594 g/mol. The van der Waals surface area contributed by atoms with Crippen molar-refractivity contribution in [3.8, 4) is 0 Å². The van der Waals surface area contributed by atoms with Gasteiger partial charge < -0.3 is 29.5 Å². The van der Waals surface area contributed by atoms with Crippen LogP contribution in [-0.2, 0) is 19.0 Å². The first-order valence-electron chi connectivity index (χ1n) is 17.6. The lowest BCUT2D eigenvalue weighted by Crippen LogP contribution is -2.33. The fourth-order valence-electron chi connectivity index (χ4n) is 6.92. The van der Waals surface area contributed by atoms with Crippen LogP contribution in [0.4, 0.5) is 0 Å². The molecule has 7 heteroatoms. The standard InChI is InChI=1S/C35H62O7/c1-3-4-5-13-17-28(36)18-15-20-30(38)32-22-24-34(42-32)33-23-21-31(41-33)29(37)19-14-11-9-7-6-8-10-12-16-27-25-26(2)40-35(27)39/h25-26,28-34,36-38H,3-24H2,1-2H3/t26?,28-,29-,30-,31-,32+,33-,34-/m1/s1. The molecule has 2 fully saturated rings. The predicted octanol–water partition coefficient (Wildman–Crippen LogP) is 7.08. The number of rotatable bonds is 23. The molecule has 1 unspecified atom stereocenters. The minimum Gasteiger partial charge on any atom is -0.455 e. The number of aliphatic hydroxyl groups excluding tert-OH is 3. The highest BCUT2D eigenvalue weighted by atomic mass is 16.6. The first-order chi connectivity index (χ1) is 20.4. The van der Waals surface area contributed by atoms with E-state index in [1.165, 1.54) is 44.9 Å². The van der Waals surface area contributed by atoms with Crippen molar-refractivity contribution in [2.24, 2.45) is 0 Å². The van der Waals surface area contributed by atoms with E-state index in [0.29, 0.717) is 6.42 Å². The fourth-order valence-corrected chi connectivity index (χ4v) is 6.92. The average Bonchev–Trinajstić information content (AvgIpc) is 3.72. The summed E-state index contributed by atoms with van der Waals surface area (Å²) >= 11 is 0. The lowest BCUT2D eigenvalue weighted by atomic mass is 9.99. The quantitative estimate of drug-likeness (QED) is 0.0858. The second kappa shape index (κ2) is 20.1. The molecular weight excluding hydrogens is 532 g/mol. The van der Waals surface area contributed by atoms with Gasteiger partial charge in [-0.15, -0.1) is 0 Å². The van der Waals surface area contributed by atoms with Crippen molar-refractivity contribution in [3.05, 3.63) is 11.6 Å². The maximum absolute atomic E-state index is 11.6. The van der Waals surface area contributed by atoms with Crippen LogP contribution in [0.3, 0.4) is 0 Å². The number of hydrogen-bond donors (Lipinski definition) is 3. The largest absolute Gasteiger partial charge is 0.455 e. The van der Waals surface area contributed by atoms with Crippen molar-refractivity contribution in [3.63, 3.8) is 0 Å². The maximum atomic E-state index is 11.6. The molecule has 3 aliphatic heterocycles. The Morgan fingerprint density at radius 2 is 1.19 bits per heavy atom. The third-order valence-corrected chi connectivity index (χ3v) is 9.56. The molecule has 0 aromatic rings. The Labute approximate surface area is 255 Å². The molecule has 3 N–H and O–H groups in total. The van der Waals surface area contributed by atoms with Crippen molar-refractivity contribution in [2.45, 2.75) is 204 Å². The van der Waals surface area contributed by atoms with E-state index in [0.717, 1.165) is 95.5 Å². The van der Waals surface area contributed by atoms with E-state index >= 15 is 0 Å². The van der Waals surface area contributed by atoms with Crippen molar-refractivity contribution in [1.29, 1.82) is 0 Å². The number of esters is 1. The van der Waals surface area contributed by atoms with Crippen LogP contribution in [0.2, 0.25) is 0 Å². The maximum Gasteiger partial charge on any atom is 0.334 e. The number of cyclic esters (lactones) is 1. The van der Waals surface area contributed by atoms with Gasteiger partial charge in [0.2, 0.25) is 0 Å². The number of hydrogen-bond acceptors (Lipinski definition) is 7. The van der Waals surface area contributed by atoms with Crippen LogP contribution in [-0.4, -0.2) is 70.1 Å². The molecule has 3 aliphatic rings. The second-order valence-electron chi connectivity index (χ2n) is 13.3. The van der Waals surface area contributed by atoms with Gasteiger partial charge in [-0.05, 0) is 83.6 Å². The summed E-state index contributed by atoms with van der Waals surface area (Å²) in [4.78, 5) is 11.6. The van der Waals surface area contributed by atoms with E-state index in [1.807, 2.05) is 13.0 Å². The zero-order valence-corrected chi connectivity index (χ0v) is 26.7. The molecule has 0 aliphatic carbocycles. The Hall–Kier alpha value is -0.990. The molecule has 3 rings (SSSR count). The molecular formula is C35H62O7. The third-order valence-electron chi connectivity index (χ3n) is 9.56. The van der Waals surface area contributed by atoms with Gasteiger partial charge in [-0.1, -0.05) is 77.6 Å². The van der Waals surface area contributed by atoms with Crippen LogP contribution in [0.25, 0.3) is 0 Å². The molecule has 0 aromatic heterocycles. The molecule has 0 aromatic carbocycles. The summed E-state index contributed by atoms with van der Waals surface area (Å²) in [5, 5.41) is 31.6. The average molecular weight is 595 g/mol. The van der Waals surface area contributed by atoms with Crippen LogP contribution in [0.5, 0.6) is 0 Å². The van der Waals surface area contributed by atoms with Crippen LogP contribution in [0.15, 0.2) is 11.6 Å². The molecule has 244 valence electrons. The Morgan fingerprint density at radius 1 is 0.690 bits per heavy atom. The van der Waals surface area contributed by atoms with Gasteiger partial charge in [0.15, 0.2) is 0 Å². The number of aliphatic hydroxyl groups is 3. The van der Waals surface area contributed by atoms with E-state index < -0.39 is 12.2 Å². The first kappa shape index (κ1) is 35.5. The van der Waals surface area contributed by atoms with Crippen LogP contribution in [0, 0.1) is 0 Å². The summed E-state index contributed by atoms with van der Waals surface area (Å²) < 4.78 is 17.6. The number of carbonyl (C=O) groups excluding carboxylic acids is 1. The van der Waals surface area contributed by atoms with Crippen molar-refractivity contribution in [1.82, 2.24) is 0 Å². The molecule has 0 amide bonds. The van der Waals surface area contributed by atoms with Crippen molar-refractivity contribution < 1.29 is 34.3 Å². The first-order valence-corrected chi connectivity index (χ1v) is 17.6. The van der Waals surface area contributed by atoms with E-state index in [-0.39, 0.29) is 42.6 Å². The summed E-state index contributed by atoms with van der Waals surface area (Å²) in [6.07, 6.45) is 22.8. The van der Waals surface area contributed by atoms with Gasteiger partial charge >= 0.3 is 5.97 Å². The Balaban J connectivity index is 1.16.